The smallest absolute Gasteiger partial charge is 0.248 e. The Morgan fingerprint density at radius 1 is 1.53 bits per heavy atom. The molecule has 0 aromatic rings. The van der Waals surface area contributed by atoms with Gasteiger partial charge in [0.05, 0.1) is 13.2 Å². The van der Waals surface area contributed by atoms with Crippen LogP contribution in [0.15, 0.2) is 0 Å². The molecule has 1 fully saturated rings. The summed E-state index contributed by atoms with van der Waals surface area (Å²) in [7, 11) is 4.08. The first-order valence-corrected chi connectivity index (χ1v) is 6.21. The van der Waals surface area contributed by atoms with Gasteiger partial charge >= 0.3 is 0 Å². The second-order valence-electron chi connectivity index (χ2n) is 4.68. The van der Waals surface area contributed by atoms with Crippen LogP contribution in [0.1, 0.15) is 6.92 Å². The van der Waals surface area contributed by atoms with E-state index in [2.05, 4.69) is 4.90 Å². The highest BCUT2D eigenvalue weighted by Crippen LogP contribution is 2.08. The van der Waals surface area contributed by atoms with Gasteiger partial charge in [0.15, 0.2) is 0 Å². The number of ether oxygens (including phenoxy) is 2. The van der Waals surface area contributed by atoms with Crippen LogP contribution in [0.5, 0.6) is 0 Å². The molecule has 1 rings (SSSR count). The predicted octanol–water partition coefficient (Wildman–Crippen LogP) is 0.0595. The molecule has 1 saturated heterocycles. The Balaban J connectivity index is 2.44. The van der Waals surface area contributed by atoms with Crippen molar-refractivity contribution in [1.29, 1.82) is 0 Å². The minimum Gasteiger partial charge on any atom is -0.379 e. The van der Waals surface area contributed by atoms with Crippen LogP contribution in [0.25, 0.3) is 0 Å². The highest BCUT2D eigenvalue weighted by molar-refractivity contribution is 5.77. The van der Waals surface area contributed by atoms with Crippen molar-refractivity contribution < 1.29 is 14.3 Å². The lowest BCUT2D eigenvalue weighted by atomic mass is 10.1. The Morgan fingerprint density at radius 3 is 2.94 bits per heavy atom. The van der Waals surface area contributed by atoms with E-state index in [4.69, 9.17) is 9.47 Å². The second-order valence-corrected chi connectivity index (χ2v) is 4.68. The van der Waals surface area contributed by atoms with Crippen LogP contribution in [0.3, 0.4) is 0 Å². The molecule has 0 N–H and O–H groups in total. The molecule has 0 saturated carbocycles. The molecule has 0 aliphatic carbocycles. The summed E-state index contributed by atoms with van der Waals surface area (Å²) in [6.45, 7) is 6.41. The first kappa shape index (κ1) is 14.4. The van der Waals surface area contributed by atoms with Gasteiger partial charge in [-0.15, -0.1) is 0 Å². The Morgan fingerprint density at radius 2 is 2.29 bits per heavy atom. The second kappa shape index (κ2) is 7.63. The molecule has 0 aromatic heterocycles. The van der Waals surface area contributed by atoms with Crippen molar-refractivity contribution in [2.24, 2.45) is 5.92 Å². The molecule has 0 aromatic carbocycles. The van der Waals surface area contributed by atoms with E-state index in [1.807, 2.05) is 25.9 Å². The van der Waals surface area contributed by atoms with Gasteiger partial charge < -0.3 is 19.3 Å². The topological polar surface area (TPSA) is 42.0 Å². The standard InChI is InChI=1S/C12H24N2O3/c1-4-16-10-12(15)14-5-6-17-9-11(8-14)7-13(2)3/h11H,4-10H2,1-3H3/t11-/m0/s1. The summed E-state index contributed by atoms with van der Waals surface area (Å²) in [6, 6.07) is 0. The van der Waals surface area contributed by atoms with Crippen molar-refractivity contribution in [2.45, 2.75) is 6.92 Å². The Hall–Kier alpha value is -0.650. The molecular weight excluding hydrogens is 220 g/mol. The molecule has 1 heterocycles. The molecule has 17 heavy (non-hydrogen) atoms. The van der Waals surface area contributed by atoms with E-state index in [0.29, 0.717) is 25.7 Å². The minimum absolute atomic E-state index is 0.0705. The van der Waals surface area contributed by atoms with Crippen molar-refractivity contribution in [1.82, 2.24) is 9.80 Å². The highest BCUT2D eigenvalue weighted by Gasteiger charge is 2.22. The summed E-state index contributed by atoms with van der Waals surface area (Å²) >= 11 is 0. The number of carbonyl (C=O) groups is 1. The third-order valence-electron chi connectivity index (χ3n) is 2.74. The van der Waals surface area contributed by atoms with E-state index in [1.165, 1.54) is 0 Å². The lowest BCUT2D eigenvalue weighted by Gasteiger charge is -2.25. The zero-order valence-electron chi connectivity index (χ0n) is 11.1. The van der Waals surface area contributed by atoms with Crippen LogP contribution < -0.4 is 0 Å². The maximum atomic E-state index is 11.9. The first-order chi connectivity index (χ1) is 8.13. The van der Waals surface area contributed by atoms with Crippen LogP contribution >= 0.6 is 0 Å². The molecule has 1 aliphatic rings. The number of rotatable bonds is 5. The van der Waals surface area contributed by atoms with Crippen molar-refractivity contribution in [3.05, 3.63) is 0 Å². The van der Waals surface area contributed by atoms with Gasteiger partial charge in [-0.1, -0.05) is 0 Å². The molecule has 1 amide bonds. The van der Waals surface area contributed by atoms with Crippen LogP contribution in [0.4, 0.5) is 0 Å². The van der Waals surface area contributed by atoms with E-state index < -0.39 is 0 Å². The van der Waals surface area contributed by atoms with Crippen molar-refractivity contribution >= 4 is 5.91 Å². The van der Waals surface area contributed by atoms with Gasteiger partial charge in [-0.05, 0) is 21.0 Å². The Bertz CT molecular complexity index is 234. The zero-order chi connectivity index (χ0) is 12.7. The quantitative estimate of drug-likeness (QED) is 0.686. The molecule has 5 nitrogen and oxygen atoms in total. The number of hydrogen-bond acceptors (Lipinski definition) is 4. The molecule has 0 radical (unpaired) electrons. The Kier molecular flexibility index (Phi) is 6.47. The molecule has 0 spiro atoms. The van der Waals surface area contributed by atoms with Gasteiger partial charge in [0.25, 0.3) is 0 Å². The number of hydrogen-bond donors (Lipinski definition) is 0. The van der Waals surface area contributed by atoms with E-state index in [9.17, 15) is 4.79 Å². The maximum Gasteiger partial charge on any atom is 0.248 e. The highest BCUT2D eigenvalue weighted by atomic mass is 16.5. The van der Waals surface area contributed by atoms with Gasteiger partial charge in [-0.3, -0.25) is 4.79 Å². The molecule has 0 bridgehead atoms. The lowest BCUT2D eigenvalue weighted by molar-refractivity contribution is -0.136. The average molecular weight is 244 g/mol. The van der Waals surface area contributed by atoms with Crippen LogP contribution in [0, 0.1) is 5.92 Å². The maximum absolute atomic E-state index is 11.9. The molecule has 0 unspecified atom stereocenters. The summed E-state index contributed by atoms with van der Waals surface area (Å²) in [5.41, 5.74) is 0. The van der Waals surface area contributed by atoms with E-state index >= 15 is 0 Å². The van der Waals surface area contributed by atoms with Crippen LogP contribution in [-0.2, 0) is 14.3 Å². The van der Waals surface area contributed by atoms with Gasteiger partial charge in [0.2, 0.25) is 5.91 Å². The normalized spacial score (nSPS) is 21.6. The molecular formula is C12H24N2O3. The molecule has 1 atom stereocenters. The van der Waals surface area contributed by atoms with Gasteiger partial charge in [-0.25, -0.2) is 0 Å². The predicted molar refractivity (Wildman–Crippen MR) is 65.9 cm³/mol. The fraction of sp³-hybridized carbons (Fsp3) is 0.917. The third kappa shape index (κ3) is 5.48. The number of nitrogens with zero attached hydrogens (tertiary/aromatic N) is 2. The molecule has 100 valence electrons. The molecule has 5 heteroatoms. The lowest BCUT2D eigenvalue weighted by Crippen LogP contribution is -2.40. The first-order valence-electron chi connectivity index (χ1n) is 6.21. The third-order valence-corrected chi connectivity index (χ3v) is 2.74. The average Bonchev–Trinajstić information content (AvgIpc) is 2.50. The summed E-state index contributed by atoms with van der Waals surface area (Å²) < 4.78 is 10.7. The summed E-state index contributed by atoms with van der Waals surface area (Å²) in [5.74, 6) is 0.458. The van der Waals surface area contributed by atoms with E-state index in [1.54, 1.807) is 0 Å². The van der Waals surface area contributed by atoms with E-state index in [0.717, 1.165) is 19.7 Å². The van der Waals surface area contributed by atoms with Crippen molar-refractivity contribution in [3.8, 4) is 0 Å². The fourth-order valence-corrected chi connectivity index (χ4v) is 2.01. The zero-order valence-corrected chi connectivity index (χ0v) is 11.1. The largest absolute Gasteiger partial charge is 0.379 e. The number of amides is 1. The van der Waals surface area contributed by atoms with Gasteiger partial charge in [0, 0.05) is 32.2 Å². The molecule has 1 aliphatic heterocycles. The van der Waals surface area contributed by atoms with Crippen LogP contribution in [0.2, 0.25) is 0 Å². The van der Waals surface area contributed by atoms with Crippen molar-refractivity contribution in [3.63, 3.8) is 0 Å². The van der Waals surface area contributed by atoms with Gasteiger partial charge in [0.1, 0.15) is 6.61 Å². The summed E-state index contributed by atoms with van der Waals surface area (Å²) in [4.78, 5) is 15.9. The minimum atomic E-state index is 0.0705. The SMILES string of the molecule is CCOCC(=O)N1CCOC[C@@H](CN(C)C)C1. The fourth-order valence-electron chi connectivity index (χ4n) is 2.01. The summed E-state index contributed by atoms with van der Waals surface area (Å²) in [6.07, 6.45) is 0. The Labute approximate surface area is 104 Å². The summed E-state index contributed by atoms with van der Waals surface area (Å²) in [5, 5.41) is 0. The van der Waals surface area contributed by atoms with Crippen LogP contribution in [-0.4, -0.2) is 75.9 Å². The van der Waals surface area contributed by atoms with Gasteiger partial charge in [-0.2, -0.15) is 0 Å². The number of carbonyl (C=O) groups excluding carboxylic acids is 1. The van der Waals surface area contributed by atoms with E-state index in [-0.39, 0.29) is 12.5 Å². The van der Waals surface area contributed by atoms with Crippen molar-refractivity contribution in [2.75, 3.05) is 60.2 Å². The monoisotopic (exact) mass is 244 g/mol.